The van der Waals surface area contributed by atoms with Crippen molar-refractivity contribution in [1.82, 2.24) is 13.9 Å². The summed E-state index contributed by atoms with van der Waals surface area (Å²) >= 11 is 1.20. The van der Waals surface area contributed by atoms with Crippen molar-refractivity contribution in [3.8, 4) is 0 Å². The number of anilines is 1. The Balaban J connectivity index is 1.33. The van der Waals surface area contributed by atoms with Gasteiger partial charge in [0.1, 0.15) is 0 Å². The minimum absolute atomic E-state index is 0.162. The number of ether oxygens (including phenoxy) is 1. The largest absolute Gasteiger partial charge is 0.379 e. The number of carbonyl (C=O) groups excluding carboxylic acids is 1. The van der Waals surface area contributed by atoms with E-state index < -0.39 is 15.3 Å². The molecule has 1 aliphatic heterocycles. The summed E-state index contributed by atoms with van der Waals surface area (Å²) in [7, 11) is -3.62. The highest BCUT2D eigenvalue weighted by atomic mass is 32.2. The van der Waals surface area contributed by atoms with Crippen molar-refractivity contribution >= 4 is 44.3 Å². The van der Waals surface area contributed by atoms with Crippen LogP contribution in [0, 0.1) is 0 Å². The number of hydrogen-bond donors (Lipinski definition) is 1. The smallest absolute Gasteiger partial charge is 0.262 e. The molecule has 4 aromatic rings. The first-order chi connectivity index (χ1) is 18.8. The Morgan fingerprint density at radius 1 is 1.00 bits per heavy atom. The van der Waals surface area contributed by atoms with Gasteiger partial charge in [-0.05, 0) is 48.9 Å². The lowest BCUT2D eigenvalue weighted by atomic mass is 10.2. The van der Waals surface area contributed by atoms with Crippen LogP contribution in [0.15, 0.2) is 93.7 Å². The third-order valence-corrected chi connectivity index (χ3v) is 9.39. The molecule has 1 N–H and O–H groups in total. The Hall–Kier alpha value is -3.51. The quantitative estimate of drug-likeness (QED) is 0.257. The van der Waals surface area contributed by atoms with Gasteiger partial charge in [0.2, 0.25) is 15.9 Å². The third kappa shape index (κ3) is 6.06. The predicted molar refractivity (Wildman–Crippen MR) is 152 cm³/mol. The van der Waals surface area contributed by atoms with Crippen LogP contribution in [0.5, 0.6) is 0 Å². The van der Waals surface area contributed by atoms with Crippen molar-refractivity contribution in [2.45, 2.75) is 28.8 Å². The lowest BCUT2D eigenvalue weighted by Gasteiger charge is -2.26. The predicted octanol–water partition coefficient (Wildman–Crippen LogP) is 3.59. The lowest BCUT2D eigenvalue weighted by molar-refractivity contribution is -0.115. The maximum absolute atomic E-state index is 13.4. The summed E-state index contributed by atoms with van der Waals surface area (Å²) in [6.45, 7) is 3.43. The van der Waals surface area contributed by atoms with Crippen LogP contribution in [0.4, 0.5) is 5.69 Å². The molecule has 202 valence electrons. The van der Waals surface area contributed by atoms with Crippen LogP contribution in [0.3, 0.4) is 0 Å². The minimum Gasteiger partial charge on any atom is -0.379 e. The standard InChI is InChI=1S/C28H28N4O5S2/c1-20(26(33)29-22-11-13-23(14-12-22)39(35,36)31-15-17-37-18-16-31)38-28-30-25-10-6-5-9-24(25)27(34)32(28)19-21-7-3-2-4-8-21/h2-14,20H,15-19H2,1H3,(H,29,33). The van der Waals surface area contributed by atoms with E-state index >= 15 is 0 Å². The van der Waals surface area contributed by atoms with Crippen LogP contribution >= 0.6 is 11.8 Å². The highest BCUT2D eigenvalue weighted by Crippen LogP contribution is 2.25. The van der Waals surface area contributed by atoms with Gasteiger partial charge < -0.3 is 10.1 Å². The Kier molecular flexibility index (Phi) is 8.12. The lowest BCUT2D eigenvalue weighted by Crippen LogP contribution is -2.40. The number of benzene rings is 3. The van der Waals surface area contributed by atoms with Crippen LogP contribution in [-0.4, -0.2) is 59.7 Å². The topological polar surface area (TPSA) is 111 Å². The molecule has 9 nitrogen and oxygen atoms in total. The van der Waals surface area contributed by atoms with Crippen molar-refractivity contribution in [2.75, 3.05) is 31.6 Å². The molecule has 2 heterocycles. The number of nitrogens with zero attached hydrogens (tertiary/aromatic N) is 3. The highest BCUT2D eigenvalue weighted by molar-refractivity contribution is 8.00. The molecule has 1 amide bonds. The molecule has 5 rings (SSSR count). The van der Waals surface area contributed by atoms with Crippen LogP contribution in [0.25, 0.3) is 10.9 Å². The summed E-state index contributed by atoms with van der Waals surface area (Å²) < 4.78 is 34.0. The molecule has 1 atom stereocenters. The van der Waals surface area contributed by atoms with E-state index in [1.807, 2.05) is 36.4 Å². The van der Waals surface area contributed by atoms with Gasteiger partial charge in [0, 0.05) is 18.8 Å². The molecule has 11 heteroatoms. The second kappa shape index (κ2) is 11.7. The molecule has 1 saturated heterocycles. The van der Waals surface area contributed by atoms with Crippen LogP contribution < -0.4 is 10.9 Å². The van der Waals surface area contributed by atoms with E-state index in [2.05, 4.69) is 5.32 Å². The summed E-state index contributed by atoms with van der Waals surface area (Å²) in [5, 5.41) is 3.21. The number of thioether (sulfide) groups is 1. The average Bonchev–Trinajstić information content (AvgIpc) is 2.96. The Morgan fingerprint density at radius 2 is 1.67 bits per heavy atom. The van der Waals surface area contributed by atoms with Gasteiger partial charge in [-0.15, -0.1) is 0 Å². The van der Waals surface area contributed by atoms with E-state index in [1.165, 1.54) is 28.2 Å². The maximum Gasteiger partial charge on any atom is 0.262 e. The van der Waals surface area contributed by atoms with E-state index in [9.17, 15) is 18.0 Å². The summed E-state index contributed by atoms with van der Waals surface area (Å²) in [5.41, 5.74) is 1.82. The normalized spacial score (nSPS) is 15.2. The summed E-state index contributed by atoms with van der Waals surface area (Å²) in [5.74, 6) is -0.294. The van der Waals surface area contributed by atoms with E-state index in [0.29, 0.717) is 54.6 Å². The van der Waals surface area contributed by atoms with Gasteiger partial charge in [0.05, 0.1) is 40.8 Å². The molecular formula is C28H28N4O5S2. The molecule has 3 aromatic carbocycles. The number of para-hydroxylation sites is 1. The second-order valence-corrected chi connectivity index (χ2v) is 12.3. The number of hydrogen-bond acceptors (Lipinski definition) is 7. The number of sulfonamides is 1. The molecule has 1 aliphatic rings. The van der Waals surface area contributed by atoms with Gasteiger partial charge in [-0.25, -0.2) is 13.4 Å². The fourth-order valence-electron chi connectivity index (χ4n) is 4.24. The fraction of sp³-hybridized carbons (Fsp3) is 0.250. The van der Waals surface area contributed by atoms with Gasteiger partial charge in [-0.3, -0.25) is 14.2 Å². The first-order valence-corrected chi connectivity index (χ1v) is 14.8. The van der Waals surface area contributed by atoms with Gasteiger partial charge in [0.25, 0.3) is 5.56 Å². The Morgan fingerprint density at radius 3 is 2.38 bits per heavy atom. The van der Waals surface area contributed by atoms with Crippen LogP contribution in [0.2, 0.25) is 0 Å². The first-order valence-electron chi connectivity index (χ1n) is 12.5. The van der Waals surface area contributed by atoms with Crippen LogP contribution in [0.1, 0.15) is 12.5 Å². The number of aromatic nitrogens is 2. The van der Waals surface area contributed by atoms with Crippen LogP contribution in [-0.2, 0) is 26.1 Å². The van der Waals surface area contributed by atoms with E-state index in [-0.39, 0.29) is 16.4 Å². The minimum atomic E-state index is -3.62. The van der Waals surface area contributed by atoms with Gasteiger partial charge in [0.15, 0.2) is 5.16 Å². The van der Waals surface area contributed by atoms with Crippen molar-refractivity contribution in [1.29, 1.82) is 0 Å². The fourth-order valence-corrected chi connectivity index (χ4v) is 6.56. The third-order valence-electron chi connectivity index (χ3n) is 6.39. The molecule has 0 saturated carbocycles. The maximum atomic E-state index is 13.4. The van der Waals surface area contributed by atoms with E-state index in [1.54, 1.807) is 41.8 Å². The summed E-state index contributed by atoms with van der Waals surface area (Å²) in [4.78, 5) is 31.3. The van der Waals surface area contributed by atoms with E-state index in [4.69, 9.17) is 9.72 Å². The number of fused-ring (bicyclic) bond motifs is 1. The summed E-state index contributed by atoms with van der Waals surface area (Å²) in [6.07, 6.45) is 0. The van der Waals surface area contributed by atoms with Crippen molar-refractivity contribution in [3.63, 3.8) is 0 Å². The molecule has 1 fully saturated rings. The van der Waals surface area contributed by atoms with E-state index in [0.717, 1.165) is 5.56 Å². The number of carbonyl (C=O) groups is 1. The molecule has 39 heavy (non-hydrogen) atoms. The zero-order chi connectivity index (χ0) is 27.4. The number of rotatable bonds is 8. The average molecular weight is 565 g/mol. The molecule has 0 spiro atoms. The molecule has 1 aromatic heterocycles. The number of morpholine rings is 1. The SMILES string of the molecule is CC(Sc1nc2ccccc2c(=O)n1Cc1ccccc1)C(=O)Nc1ccc(S(=O)(=O)N2CCOCC2)cc1. The van der Waals surface area contributed by atoms with Gasteiger partial charge >= 0.3 is 0 Å². The summed E-state index contributed by atoms with van der Waals surface area (Å²) in [6, 6.07) is 22.9. The number of nitrogens with one attached hydrogen (secondary N) is 1. The zero-order valence-electron chi connectivity index (χ0n) is 21.3. The Labute approximate surface area is 230 Å². The molecule has 0 bridgehead atoms. The van der Waals surface area contributed by atoms with Crippen molar-refractivity contribution < 1.29 is 17.9 Å². The number of amides is 1. The molecular weight excluding hydrogens is 536 g/mol. The Bertz CT molecular complexity index is 1630. The molecule has 1 unspecified atom stereocenters. The highest BCUT2D eigenvalue weighted by Gasteiger charge is 2.26. The zero-order valence-corrected chi connectivity index (χ0v) is 23.0. The second-order valence-electron chi connectivity index (χ2n) is 9.08. The monoisotopic (exact) mass is 564 g/mol. The van der Waals surface area contributed by atoms with Crippen molar-refractivity contribution in [3.05, 3.63) is 94.8 Å². The van der Waals surface area contributed by atoms with Gasteiger partial charge in [-0.2, -0.15) is 4.31 Å². The van der Waals surface area contributed by atoms with Gasteiger partial charge in [-0.1, -0.05) is 54.2 Å². The van der Waals surface area contributed by atoms with Crippen molar-refractivity contribution in [2.24, 2.45) is 0 Å². The first kappa shape index (κ1) is 27.1. The molecule has 0 aliphatic carbocycles. The molecule has 0 radical (unpaired) electrons.